The fraction of sp³-hybridized carbons (Fsp3) is 0.353. The van der Waals surface area contributed by atoms with Crippen molar-refractivity contribution in [1.29, 1.82) is 0 Å². The lowest BCUT2D eigenvalue weighted by molar-refractivity contribution is 0.271. The van der Waals surface area contributed by atoms with E-state index < -0.39 is 0 Å². The summed E-state index contributed by atoms with van der Waals surface area (Å²) < 4.78 is 1.02. The van der Waals surface area contributed by atoms with Gasteiger partial charge in [0.1, 0.15) is 0 Å². The number of pyridine rings is 1. The molecule has 1 heterocycles. The normalized spacial score (nSPS) is 13.2. The van der Waals surface area contributed by atoms with E-state index in [4.69, 9.17) is 0 Å². The van der Waals surface area contributed by atoms with Crippen LogP contribution in [-0.4, -0.2) is 4.98 Å². The minimum absolute atomic E-state index is 0.154. The van der Waals surface area contributed by atoms with Crippen molar-refractivity contribution in [2.75, 3.05) is 0 Å². The second kappa shape index (κ2) is 6.51. The van der Waals surface area contributed by atoms with Crippen LogP contribution >= 0.6 is 15.9 Å². The van der Waals surface area contributed by atoms with Gasteiger partial charge in [0, 0.05) is 29.5 Å². The van der Waals surface area contributed by atoms with E-state index in [1.54, 1.807) is 0 Å². The van der Waals surface area contributed by atoms with Crippen molar-refractivity contribution in [2.24, 2.45) is 5.41 Å². The number of halogens is 1. The van der Waals surface area contributed by atoms with Crippen LogP contribution in [0.5, 0.6) is 0 Å². The average molecular weight is 333 g/mol. The molecule has 2 aromatic rings. The van der Waals surface area contributed by atoms with Crippen molar-refractivity contribution < 1.29 is 0 Å². The first-order chi connectivity index (χ1) is 9.47. The number of hydrogen-bond donors (Lipinski definition) is 1. The van der Waals surface area contributed by atoms with Crippen molar-refractivity contribution in [3.05, 3.63) is 64.4 Å². The van der Waals surface area contributed by atoms with Crippen LogP contribution in [-0.2, 0) is 6.54 Å². The summed E-state index contributed by atoms with van der Waals surface area (Å²) in [5, 5.41) is 3.66. The highest BCUT2D eigenvalue weighted by molar-refractivity contribution is 9.10. The maximum atomic E-state index is 4.21. The highest BCUT2D eigenvalue weighted by atomic mass is 79.9. The van der Waals surface area contributed by atoms with Crippen LogP contribution < -0.4 is 5.32 Å². The zero-order valence-corrected chi connectivity index (χ0v) is 13.8. The molecule has 2 rings (SSSR count). The predicted octanol–water partition coefficient (Wildman–Crippen LogP) is 4.72. The molecule has 2 nitrogen and oxygen atoms in total. The molecule has 1 unspecified atom stereocenters. The molecular formula is C17H21BrN2. The third-order valence-electron chi connectivity index (χ3n) is 3.27. The summed E-state index contributed by atoms with van der Waals surface area (Å²) in [6.45, 7) is 7.59. The molecule has 1 N–H and O–H groups in total. The molecule has 0 saturated carbocycles. The van der Waals surface area contributed by atoms with Gasteiger partial charge in [-0.3, -0.25) is 4.98 Å². The van der Waals surface area contributed by atoms with Gasteiger partial charge in [0.05, 0.1) is 0 Å². The molecule has 0 aliphatic heterocycles. The second-order valence-corrected chi connectivity index (χ2v) is 7.02. The van der Waals surface area contributed by atoms with E-state index in [0.29, 0.717) is 6.04 Å². The van der Waals surface area contributed by atoms with Crippen LogP contribution in [0.25, 0.3) is 0 Å². The fourth-order valence-electron chi connectivity index (χ4n) is 2.34. The predicted molar refractivity (Wildman–Crippen MR) is 87.4 cm³/mol. The van der Waals surface area contributed by atoms with E-state index in [0.717, 1.165) is 11.0 Å². The van der Waals surface area contributed by atoms with Gasteiger partial charge in [0.15, 0.2) is 0 Å². The summed E-state index contributed by atoms with van der Waals surface area (Å²) in [6, 6.07) is 13.0. The molecule has 1 aromatic carbocycles. The number of nitrogens with one attached hydrogen (secondary N) is 1. The van der Waals surface area contributed by atoms with Crippen molar-refractivity contribution in [2.45, 2.75) is 33.4 Å². The topological polar surface area (TPSA) is 24.9 Å². The Balaban J connectivity index is 2.14. The highest BCUT2D eigenvalue weighted by Crippen LogP contribution is 2.32. The van der Waals surface area contributed by atoms with Gasteiger partial charge < -0.3 is 5.32 Å². The average Bonchev–Trinajstić information content (AvgIpc) is 2.39. The summed E-state index contributed by atoms with van der Waals surface area (Å²) in [7, 11) is 0. The molecule has 0 saturated heterocycles. The summed E-state index contributed by atoms with van der Waals surface area (Å²) in [5.74, 6) is 0. The molecule has 0 bridgehead atoms. The minimum atomic E-state index is 0.154. The Bertz CT molecular complexity index is 546. The monoisotopic (exact) mass is 332 g/mol. The van der Waals surface area contributed by atoms with E-state index >= 15 is 0 Å². The number of rotatable bonds is 4. The van der Waals surface area contributed by atoms with Crippen LogP contribution in [0.15, 0.2) is 53.3 Å². The standard InChI is InChI=1S/C17H21BrN2/c1-17(2,3)16(14-7-5-4-6-8-14)20-11-13-9-15(18)12-19-10-13/h4-10,12,16,20H,11H2,1-3H3. The van der Waals surface area contributed by atoms with E-state index in [1.807, 2.05) is 12.4 Å². The van der Waals surface area contributed by atoms with Crippen LogP contribution in [0, 0.1) is 5.41 Å². The maximum Gasteiger partial charge on any atom is 0.0410 e. The molecule has 0 fully saturated rings. The molecular weight excluding hydrogens is 312 g/mol. The lowest BCUT2D eigenvalue weighted by Gasteiger charge is -2.32. The molecule has 106 valence electrons. The SMILES string of the molecule is CC(C)(C)C(NCc1cncc(Br)c1)c1ccccc1. The van der Waals surface area contributed by atoms with Crippen LogP contribution in [0.2, 0.25) is 0 Å². The zero-order valence-electron chi connectivity index (χ0n) is 12.2. The number of benzene rings is 1. The van der Waals surface area contributed by atoms with Crippen molar-refractivity contribution in [3.63, 3.8) is 0 Å². The molecule has 1 atom stereocenters. The van der Waals surface area contributed by atoms with Gasteiger partial charge in [-0.25, -0.2) is 0 Å². The van der Waals surface area contributed by atoms with Crippen LogP contribution in [0.3, 0.4) is 0 Å². The first kappa shape index (κ1) is 15.2. The lowest BCUT2D eigenvalue weighted by atomic mass is 9.82. The van der Waals surface area contributed by atoms with Gasteiger partial charge in [0.25, 0.3) is 0 Å². The summed E-state index contributed by atoms with van der Waals surface area (Å²) in [6.07, 6.45) is 3.71. The smallest absolute Gasteiger partial charge is 0.0410 e. The summed E-state index contributed by atoms with van der Waals surface area (Å²) >= 11 is 3.46. The van der Waals surface area contributed by atoms with Crippen molar-refractivity contribution >= 4 is 15.9 Å². The first-order valence-electron chi connectivity index (χ1n) is 6.84. The summed E-state index contributed by atoms with van der Waals surface area (Å²) in [4.78, 5) is 4.21. The Labute approximate surface area is 129 Å². The van der Waals surface area contributed by atoms with Gasteiger partial charge >= 0.3 is 0 Å². The molecule has 1 aromatic heterocycles. The lowest BCUT2D eigenvalue weighted by Crippen LogP contribution is -2.32. The Morgan fingerprint density at radius 2 is 1.85 bits per heavy atom. The Hall–Kier alpha value is -1.19. The maximum absolute atomic E-state index is 4.21. The Kier molecular flexibility index (Phi) is 4.95. The number of nitrogens with zero attached hydrogens (tertiary/aromatic N) is 1. The number of hydrogen-bond acceptors (Lipinski definition) is 2. The Morgan fingerprint density at radius 1 is 1.15 bits per heavy atom. The van der Waals surface area contributed by atoms with Gasteiger partial charge in [-0.1, -0.05) is 51.1 Å². The molecule has 0 aliphatic rings. The van der Waals surface area contributed by atoms with Gasteiger partial charge in [-0.2, -0.15) is 0 Å². The molecule has 0 amide bonds. The van der Waals surface area contributed by atoms with E-state index in [-0.39, 0.29) is 5.41 Å². The van der Waals surface area contributed by atoms with Gasteiger partial charge in [0.2, 0.25) is 0 Å². The van der Waals surface area contributed by atoms with E-state index in [9.17, 15) is 0 Å². The second-order valence-electron chi connectivity index (χ2n) is 6.10. The van der Waals surface area contributed by atoms with Crippen LogP contribution in [0.1, 0.15) is 37.9 Å². The van der Waals surface area contributed by atoms with Crippen molar-refractivity contribution in [1.82, 2.24) is 10.3 Å². The third kappa shape index (κ3) is 4.15. The summed E-state index contributed by atoms with van der Waals surface area (Å²) in [5.41, 5.74) is 2.66. The Morgan fingerprint density at radius 3 is 2.45 bits per heavy atom. The quantitative estimate of drug-likeness (QED) is 0.876. The van der Waals surface area contributed by atoms with Crippen LogP contribution in [0.4, 0.5) is 0 Å². The molecule has 0 radical (unpaired) electrons. The minimum Gasteiger partial charge on any atom is -0.305 e. The van der Waals surface area contributed by atoms with E-state index in [1.165, 1.54) is 11.1 Å². The molecule has 0 spiro atoms. The number of aromatic nitrogens is 1. The largest absolute Gasteiger partial charge is 0.305 e. The molecule has 0 aliphatic carbocycles. The highest BCUT2D eigenvalue weighted by Gasteiger charge is 2.25. The first-order valence-corrected chi connectivity index (χ1v) is 7.64. The fourth-order valence-corrected chi connectivity index (χ4v) is 2.75. The van der Waals surface area contributed by atoms with E-state index in [2.05, 4.69) is 83.4 Å². The zero-order chi connectivity index (χ0) is 14.6. The molecule has 3 heteroatoms. The van der Waals surface area contributed by atoms with Gasteiger partial charge in [-0.15, -0.1) is 0 Å². The van der Waals surface area contributed by atoms with Crippen molar-refractivity contribution in [3.8, 4) is 0 Å². The molecule has 20 heavy (non-hydrogen) atoms. The third-order valence-corrected chi connectivity index (χ3v) is 3.70. The van der Waals surface area contributed by atoms with Gasteiger partial charge in [-0.05, 0) is 38.5 Å².